The highest BCUT2D eigenvalue weighted by Crippen LogP contribution is 2.32. The maximum atomic E-state index is 13.3. The van der Waals surface area contributed by atoms with Gasteiger partial charge in [0.05, 0.1) is 10.6 Å². The zero-order valence-corrected chi connectivity index (χ0v) is 19.0. The molecule has 0 aliphatic carbocycles. The maximum absolute atomic E-state index is 13.3. The highest BCUT2D eigenvalue weighted by atomic mass is 32.2. The van der Waals surface area contributed by atoms with Crippen molar-refractivity contribution in [1.29, 1.82) is 0 Å². The SMILES string of the molecule is Cc1ccc(NS(=O)(=O)c2c(C)c(C)c(C)c(C)c2C)cc1N1CCCCC1=O. The van der Waals surface area contributed by atoms with Crippen molar-refractivity contribution in [2.75, 3.05) is 16.2 Å². The van der Waals surface area contributed by atoms with Gasteiger partial charge in [-0.2, -0.15) is 0 Å². The third-order valence-electron chi connectivity index (χ3n) is 6.28. The summed E-state index contributed by atoms with van der Waals surface area (Å²) in [6.07, 6.45) is 2.41. The van der Waals surface area contributed by atoms with E-state index in [0.717, 1.165) is 51.9 Å². The second-order valence-corrected chi connectivity index (χ2v) is 9.68. The Morgan fingerprint density at radius 3 is 2.03 bits per heavy atom. The topological polar surface area (TPSA) is 66.5 Å². The summed E-state index contributed by atoms with van der Waals surface area (Å²) < 4.78 is 29.4. The van der Waals surface area contributed by atoms with Gasteiger partial charge in [0, 0.05) is 18.7 Å². The molecular weight excluding hydrogens is 384 g/mol. The van der Waals surface area contributed by atoms with E-state index in [0.29, 0.717) is 23.5 Å². The summed E-state index contributed by atoms with van der Waals surface area (Å²) in [5.41, 5.74) is 6.87. The van der Waals surface area contributed by atoms with Crippen LogP contribution in [0.5, 0.6) is 0 Å². The lowest BCUT2D eigenvalue weighted by Crippen LogP contribution is -2.35. The van der Waals surface area contributed by atoms with Crippen LogP contribution in [-0.2, 0) is 14.8 Å². The van der Waals surface area contributed by atoms with E-state index >= 15 is 0 Å². The van der Waals surface area contributed by atoms with Crippen LogP contribution in [-0.4, -0.2) is 20.9 Å². The average Bonchev–Trinajstić information content (AvgIpc) is 2.66. The summed E-state index contributed by atoms with van der Waals surface area (Å²) in [6, 6.07) is 5.39. The molecule has 1 aliphatic heterocycles. The first-order chi connectivity index (χ1) is 13.5. The smallest absolute Gasteiger partial charge is 0.262 e. The number of sulfonamides is 1. The number of amides is 1. The molecule has 1 fully saturated rings. The predicted molar refractivity (Wildman–Crippen MR) is 118 cm³/mol. The molecule has 0 saturated carbocycles. The molecule has 3 rings (SSSR count). The number of hydrogen-bond donors (Lipinski definition) is 1. The molecule has 0 unspecified atom stereocenters. The number of carbonyl (C=O) groups excluding carboxylic acids is 1. The highest BCUT2D eigenvalue weighted by Gasteiger charge is 2.25. The quantitative estimate of drug-likeness (QED) is 0.777. The summed E-state index contributed by atoms with van der Waals surface area (Å²) in [5.74, 6) is 0.0934. The molecule has 29 heavy (non-hydrogen) atoms. The normalized spacial score (nSPS) is 15.0. The monoisotopic (exact) mass is 414 g/mol. The van der Waals surface area contributed by atoms with Crippen LogP contribution in [0.3, 0.4) is 0 Å². The van der Waals surface area contributed by atoms with Crippen LogP contribution < -0.4 is 9.62 Å². The Morgan fingerprint density at radius 2 is 1.45 bits per heavy atom. The van der Waals surface area contributed by atoms with E-state index in [1.165, 1.54) is 0 Å². The molecule has 0 atom stereocenters. The van der Waals surface area contributed by atoms with E-state index in [-0.39, 0.29) is 5.91 Å². The number of benzene rings is 2. The number of hydrogen-bond acceptors (Lipinski definition) is 3. The number of nitrogens with one attached hydrogen (secondary N) is 1. The van der Waals surface area contributed by atoms with Crippen molar-refractivity contribution < 1.29 is 13.2 Å². The first kappa shape index (κ1) is 21.4. The minimum atomic E-state index is -3.76. The van der Waals surface area contributed by atoms with Crippen molar-refractivity contribution in [2.24, 2.45) is 0 Å². The average molecular weight is 415 g/mol. The molecule has 0 bridgehead atoms. The molecule has 0 spiro atoms. The minimum Gasteiger partial charge on any atom is -0.312 e. The summed E-state index contributed by atoms with van der Waals surface area (Å²) in [5, 5.41) is 0. The van der Waals surface area contributed by atoms with Gasteiger partial charge in [-0.15, -0.1) is 0 Å². The van der Waals surface area contributed by atoms with Crippen LogP contribution in [0.2, 0.25) is 0 Å². The number of aryl methyl sites for hydroxylation is 1. The fraction of sp³-hybridized carbons (Fsp3) is 0.435. The maximum Gasteiger partial charge on any atom is 0.262 e. The Kier molecular flexibility index (Phi) is 5.77. The molecule has 1 aliphatic rings. The molecule has 6 heteroatoms. The van der Waals surface area contributed by atoms with Gasteiger partial charge in [0.25, 0.3) is 10.0 Å². The molecule has 2 aromatic carbocycles. The number of rotatable bonds is 4. The standard InChI is InChI=1S/C23H30N2O3S/c1-14-10-11-20(13-21(14)25-12-8-7-9-22(25)26)24-29(27,28)23-18(5)16(3)15(2)17(4)19(23)6/h10-11,13,24H,7-9,12H2,1-6H3. The Hall–Kier alpha value is -2.34. The Balaban J connectivity index is 2.03. The first-order valence-electron chi connectivity index (χ1n) is 10.1. The molecule has 0 aromatic heterocycles. The molecule has 1 heterocycles. The first-order valence-corrected chi connectivity index (χ1v) is 11.5. The van der Waals surface area contributed by atoms with Gasteiger partial charge >= 0.3 is 0 Å². The molecule has 156 valence electrons. The Labute approximate surface area is 174 Å². The van der Waals surface area contributed by atoms with Crippen molar-refractivity contribution in [3.8, 4) is 0 Å². The van der Waals surface area contributed by atoms with Crippen molar-refractivity contribution in [3.63, 3.8) is 0 Å². The molecule has 2 aromatic rings. The van der Waals surface area contributed by atoms with E-state index in [4.69, 9.17) is 0 Å². The van der Waals surface area contributed by atoms with Gasteiger partial charge in [-0.05, 0) is 99.9 Å². The number of carbonyl (C=O) groups is 1. The van der Waals surface area contributed by atoms with Crippen LogP contribution in [0.15, 0.2) is 23.1 Å². The second-order valence-electron chi connectivity index (χ2n) is 8.06. The minimum absolute atomic E-state index is 0.0934. The summed E-state index contributed by atoms with van der Waals surface area (Å²) >= 11 is 0. The van der Waals surface area contributed by atoms with Gasteiger partial charge in [0.1, 0.15) is 0 Å². The predicted octanol–water partition coefficient (Wildman–Crippen LogP) is 4.85. The second kappa shape index (κ2) is 7.82. The molecule has 1 saturated heterocycles. The van der Waals surface area contributed by atoms with Gasteiger partial charge in [0.15, 0.2) is 0 Å². The van der Waals surface area contributed by atoms with Gasteiger partial charge in [-0.3, -0.25) is 9.52 Å². The zero-order chi connectivity index (χ0) is 21.5. The van der Waals surface area contributed by atoms with E-state index in [2.05, 4.69) is 4.72 Å². The summed E-state index contributed by atoms with van der Waals surface area (Å²) in [4.78, 5) is 14.5. The Morgan fingerprint density at radius 1 is 0.862 bits per heavy atom. The van der Waals surface area contributed by atoms with Crippen molar-refractivity contribution in [3.05, 3.63) is 51.6 Å². The number of anilines is 2. The van der Waals surface area contributed by atoms with Crippen LogP contribution in [0.1, 0.15) is 52.6 Å². The van der Waals surface area contributed by atoms with Crippen LogP contribution in [0.25, 0.3) is 0 Å². The zero-order valence-electron chi connectivity index (χ0n) is 18.1. The van der Waals surface area contributed by atoms with Crippen molar-refractivity contribution in [2.45, 2.75) is 65.7 Å². The highest BCUT2D eigenvalue weighted by molar-refractivity contribution is 7.92. The Bertz CT molecular complexity index is 1060. The lowest BCUT2D eigenvalue weighted by Gasteiger charge is -2.28. The lowest BCUT2D eigenvalue weighted by molar-refractivity contribution is -0.119. The van der Waals surface area contributed by atoms with E-state index in [1.54, 1.807) is 17.0 Å². The van der Waals surface area contributed by atoms with Crippen molar-refractivity contribution in [1.82, 2.24) is 0 Å². The lowest BCUT2D eigenvalue weighted by atomic mass is 9.95. The van der Waals surface area contributed by atoms with E-state index in [9.17, 15) is 13.2 Å². The summed E-state index contributed by atoms with van der Waals surface area (Å²) in [7, 11) is -3.76. The fourth-order valence-electron chi connectivity index (χ4n) is 4.10. The number of nitrogens with zero attached hydrogens (tertiary/aromatic N) is 1. The third-order valence-corrected chi connectivity index (χ3v) is 7.93. The van der Waals surface area contributed by atoms with Gasteiger partial charge in [-0.25, -0.2) is 8.42 Å². The van der Waals surface area contributed by atoms with Gasteiger partial charge in [-0.1, -0.05) is 6.07 Å². The molecular formula is C23H30N2O3S. The third kappa shape index (κ3) is 3.90. The molecule has 1 amide bonds. The van der Waals surface area contributed by atoms with Gasteiger partial charge in [0.2, 0.25) is 5.91 Å². The van der Waals surface area contributed by atoms with E-state index < -0.39 is 10.0 Å². The van der Waals surface area contributed by atoms with Gasteiger partial charge < -0.3 is 4.90 Å². The van der Waals surface area contributed by atoms with Crippen molar-refractivity contribution >= 4 is 27.3 Å². The number of piperidine rings is 1. The molecule has 1 N–H and O–H groups in total. The fourth-order valence-corrected chi connectivity index (χ4v) is 5.75. The van der Waals surface area contributed by atoms with Crippen LogP contribution in [0, 0.1) is 41.5 Å². The largest absolute Gasteiger partial charge is 0.312 e. The van der Waals surface area contributed by atoms with E-state index in [1.807, 2.05) is 47.6 Å². The molecule has 0 radical (unpaired) electrons. The van der Waals surface area contributed by atoms with Crippen LogP contribution in [0.4, 0.5) is 11.4 Å². The summed E-state index contributed by atoms with van der Waals surface area (Å²) in [6.45, 7) is 12.3. The van der Waals surface area contributed by atoms with Crippen LogP contribution >= 0.6 is 0 Å². The molecule has 5 nitrogen and oxygen atoms in total.